The van der Waals surface area contributed by atoms with Crippen LogP contribution in [-0.2, 0) is 11.2 Å². The van der Waals surface area contributed by atoms with Crippen molar-refractivity contribution in [3.63, 3.8) is 0 Å². The zero-order chi connectivity index (χ0) is 21.1. The molecule has 0 saturated heterocycles. The molecule has 0 unspecified atom stereocenters. The van der Waals surface area contributed by atoms with Gasteiger partial charge in [0.2, 0.25) is 5.91 Å². The highest BCUT2D eigenvalue weighted by Crippen LogP contribution is 2.27. The summed E-state index contributed by atoms with van der Waals surface area (Å²) in [4.78, 5) is 18.6. The monoisotopic (exact) mass is 532 g/mol. The van der Waals surface area contributed by atoms with E-state index in [4.69, 9.17) is 9.47 Å². The number of amides is 1. The molecule has 1 aliphatic rings. The average molecular weight is 532 g/mol. The summed E-state index contributed by atoms with van der Waals surface area (Å²) in [6.45, 7) is 2.08. The van der Waals surface area contributed by atoms with Crippen molar-refractivity contribution < 1.29 is 14.3 Å². The minimum Gasteiger partial charge on any atom is -0.493 e. The molecule has 2 N–H and O–H groups in total. The number of likely N-dealkylation sites (N-methyl/N-ethyl adjacent to an activating group) is 1. The highest BCUT2D eigenvalue weighted by atomic mass is 127. The molecule has 1 amide bonds. The molecule has 0 atom stereocenters. The molecule has 0 aliphatic heterocycles. The second-order valence-electron chi connectivity index (χ2n) is 7.46. The van der Waals surface area contributed by atoms with Gasteiger partial charge in [-0.05, 0) is 37.0 Å². The Morgan fingerprint density at radius 3 is 2.40 bits per heavy atom. The van der Waals surface area contributed by atoms with Crippen LogP contribution < -0.4 is 20.1 Å². The molecule has 8 heteroatoms. The third-order valence-electron chi connectivity index (χ3n) is 5.44. The van der Waals surface area contributed by atoms with E-state index in [1.54, 1.807) is 21.3 Å². The summed E-state index contributed by atoms with van der Waals surface area (Å²) in [6, 6.07) is 5.98. The molecule has 30 heavy (non-hydrogen) atoms. The van der Waals surface area contributed by atoms with Crippen molar-refractivity contribution in [2.45, 2.75) is 38.5 Å². The van der Waals surface area contributed by atoms with E-state index in [9.17, 15) is 4.79 Å². The van der Waals surface area contributed by atoms with E-state index in [-0.39, 0.29) is 35.8 Å². The van der Waals surface area contributed by atoms with Crippen molar-refractivity contribution in [1.82, 2.24) is 15.5 Å². The average Bonchev–Trinajstić information content (AvgIpc) is 2.77. The maximum Gasteiger partial charge on any atom is 0.223 e. The fourth-order valence-electron chi connectivity index (χ4n) is 3.69. The van der Waals surface area contributed by atoms with E-state index in [1.807, 2.05) is 25.2 Å². The Bertz CT molecular complexity index is 678. The number of hydrogen-bond acceptors (Lipinski definition) is 4. The van der Waals surface area contributed by atoms with Gasteiger partial charge in [0.05, 0.1) is 14.2 Å². The van der Waals surface area contributed by atoms with E-state index in [0.29, 0.717) is 13.1 Å². The van der Waals surface area contributed by atoms with Gasteiger partial charge in [-0.3, -0.25) is 9.79 Å². The summed E-state index contributed by atoms with van der Waals surface area (Å²) >= 11 is 0. The summed E-state index contributed by atoms with van der Waals surface area (Å²) in [7, 11) is 7.07. The molecule has 0 radical (unpaired) electrons. The predicted octanol–water partition coefficient (Wildman–Crippen LogP) is 3.07. The van der Waals surface area contributed by atoms with Gasteiger partial charge >= 0.3 is 0 Å². The van der Waals surface area contributed by atoms with Crippen molar-refractivity contribution in [3.8, 4) is 11.5 Å². The largest absolute Gasteiger partial charge is 0.493 e. The van der Waals surface area contributed by atoms with Gasteiger partial charge in [-0.1, -0.05) is 25.3 Å². The van der Waals surface area contributed by atoms with Gasteiger partial charge in [0.1, 0.15) is 0 Å². The Labute approximate surface area is 198 Å². The maximum absolute atomic E-state index is 12.2. The normalized spacial score (nSPS) is 14.5. The molecule has 170 valence electrons. The van der Waals surface area contributed by atoms with E-state index in [1.165, 1.54) is 24.8 Å². The molecular formula is C22H37IN4O3. The van der Waals surface area contributed by atoms with Gasteiger partial charge in [-0.15, -0.1) is 24.0 Å². The maximum atomic E-state index is 12.2. The lowest BCUT2D eigenvalue weighted by atomic mass is 9.89. The quantitative estimate of drug-likeness (QED) is 0.221. The Kier molecular flexibility index (Phi) is 12.6. The van der Waals surface area contributed by atoms with Crippen LogP contribution in [0.15, 0.2) is 23.2 Å². The minimum atomic E-state index is 0. The fraction of sp³-hybridized carbons (Fsp3) is 0.636. The number of guanidine groups is 1. The summed E-state index contributed by atoms with van der Waals surface area (Å²) in [5, 5.41) is 6.37. The molecule has 2 rings (SSSR count). The second-order valence-corrected chi connectivity index (χ2v) is 7.46. The fourth-order valence-corrected chi connectivity index (χ4v) is 3.69. The van der Waals surface area contributed by atoms with Crippen LogP contribution in [0.1, 0.15) is 37.7 Å². The van der Waals surface area contributed by atoms with E-state index in [2.05, 4.69) is 20.5 Å². The van der Waals surface area contributed by atoms with Gasteiger partial charge in [0.15, 0.2) is 17.5 Å². The molecule has 7 nitrogen and oxygen atoms in total. The van der Waals surface area contributed by atoms with Crippen LogP contribution in [0.4, 0.5) is 0 Å². The van der Waals surface area contributed by atoms with Crippen LogP contribution in [-0.4, -0.2) is 64.7 Å². The standard InChI is InChI=1S/C22H36N4O3.HI/c1-23-22(25-14-13-24-21(27)18-8-6-5-7-9-18)26(2)15-12-17-10-11-19(28-3)20(16-17)29-4;/h10-11,16,18H,5-9,12-15H2,1-4H3,(H,23,25)(H,24,27);1H. The SMILES string of the molecule is CN=C(NCCNC(=O)C1CCCCC1)N(C)CCc1ccc(OC)c(OC)c1.I. The second kappa shape index (κ2) is 14.3. The number of carbonyl (C=O) groups excluding carboxylic acids is 1. The zero-order valence-corrected chi connectivity index (χ0v) is 21.0. The van der Waals surface area contributed by atoms with Crippen LogP contribution in [0, 0.1) is 5.92 Å². The van der Waals surface area contributed by atoms with Crippen LogP contribution >= 0.6 is 24.0 Å². The highest BCUT2D eigenvalue weighted by Gasteiger charge is 2.20. The number of nitrogens with one attached hydrogen (secondary N) is 2. The first kappa shape index (κ1) is 26.3. The topological polar surface area (TPSA) is 75.2 Å². The molecule has 1 aromatic rings. The lowest BCUT2D eigenvalue weighted by molar-refractivity contribution is -0.125. The molecule has 0 heterocycles. The first-order valence-corrected chi connectivity index (χ1v) is 10.5. The molecule has 1 aliphatic carbocycles. The van der Waals surface area contributed by atoms with Gasteiger partial charge in [0, 0.05) is 39.6 Å². The number of halogens is 1. The van der Waals surface area contributed by atoms with E-state index in [0.717, 1.165) is 43.3 Å². The first-order valence-electron chi connectivity index (χ1n) is 10.5. The molecule has 0 bridgehead atoms. The molecule has 0 spiro atoms. The Morgan fingerprint density at radius 2 is 1.77 bits per heavy atom. The van der Waals surface area contributed by atoms with Crippen LogP contribution in [0.25, 0.3) is 0 Å². The summed E-state index contributed by atoms with van der Waals surface area (Å²) in [5.41, 5.74) is 1.17. The van der Waals surface area contributed by atoms with Gasteiger partial charge in [-0.25, -0.2) is 0 Å². The Hall–Kier alpha value is -1.71. The number of benzene rings is 1. The number of methoxy groups -OCH3 is 2. The van der Waals surface area contributed by atoms with Crippen molar-refractivity contribution >= 4 is 35.8 Å². The van der Waals surface area contributed by atoms with Crippen molar-refractivity contribution in [2.24, 2.45) is 10.9 Å². The van der Waals surface area contributed by atoms with E-state index >= 15 is 0 Å². The van der Waals surface area contributed by atoms with Gasteiger partial charge in [0.25, 0.3) is 0 Å². The highest BCUT2D eigenvalue weighted by molar-refractivity contribution is 14.0. The first-order chi connectivity index (χ1) is 14.1. The predicted molar refractivity (Wildman–Crippen MR) is 132 cm³/mol. The smallest absolute Gasteiger partial charge is 0.223 e. The van der Waals surface area contributed by atoms with Crippen molar-refractivity contribution in [3.05, 3.63) is 23.8 Å². The van der Waals surface area contributed by atoms with Gasteiger partial charge in [-0.2, -0.15) is 0 Å². The summed E-state index contributed by atoms with van der Waals surface area (Å²) in [5.74, 6) is 2.69. The van der Waals surface area contributed by atoms with Gasteiger partial charge < -0.3 is 25.0 Å². The summed E-state index contributed by atoms with van der Waals surface area (Å²) < 4.78 is 10.7. The molecule has 0 aromatic heterocycles. The van der Waals surface area contributed by atoms with Crippen molar-refractivity contribution in [2.75, 3.05) is 47.9 Å². The lowest BCUT2D eigenvalue weighted by Gasteiger charge is -2.23. The number of rotatable bonds is 9. The van der Waals surface area contributed by atoms with Crippen LogP contribution in [0.3, 0.4) is 0 Å². The summed E-state index contributed by atoms with van der Waals surface area (Å²) in [6.07, 6.45) is 6.52. The number of carbonyl (C=O) groups is 1. The molecular weight excluding hydrogens is 495 g/mol. The number of nitrogens with zero attached hydrogens (tertiary/aromatic N) is 2. The van der Waals surface area contributed by atoms with Crippen molar-refractivity contribution in [1.29, 1.82) is 0 Å². The Morgan fingerprint density at radius 1 is 1.10 bits per heavy atom. The minimum absolute atomic E-state index is 0. The molecule has 1 fully saturated rings. The zero-order valence-electron chi connectivity index (χ0n) is 18.7. The third-order valence-corrected chi connectivity index (χ3v) is 5.44. The number of aliphatic imine (C=N–C) groups is 1. The molecule has 1 aromatic carbocycles. The van der Waals surface area contributed by atoms with Crippen LogP contribution in [0.2, 0.25) is 0 Å². The van der Waals surface area contributed by atoms with Crippen LogP contribution in [0.5, 0.6) is 11.5 Å². The number of hydrogen-bond donors (Lipinski definition) is 2. The number of ether oxygens (including phenoxy) is 2. The molecule has 1 saturated carbocycles. The lowest BCUT2D eigenvalue weighted by Crippen LogP contribution is -2.44. The third kappa shape index (κ3) is 8.20. The Balaban J connectivity index is 0.00000450. The van der Waals surface area contributed by atoms with E-state index < -0.39 is 0 Å².